The molecule has 1 nitrogen and oxygen atoms in total. The van der Waals surface area contributed by atoms with Crippen LogP contribution in [-0.2, 0) is 6.18 Å². The number of ketones is 1. The lowest BCUT2D eigenvalue weighted by molar-refractivity contribution is -0.138. The van der Waals surface area contributed by atoms with E-state index in [-0.39, 0.29) is 0 Å². The lowest BCUT2D eigenvalue weighted by Gasteiger charge is -2.14. The minimum absolute atomic E-state index is 0.526. The molecule has 0 bridgehead atoms. The molecule has 1 aromatic carbocycles. The first kappa shape index (κ1) is 14.1. The normalized spacial score (nSPS) is 12.0. The van der Waals surface area contributed by atoms with Gasteiger partial charge in [0.05, 0.1) is 5.56 Å². The van der Waals surface area contributed by atoms with E-state index in [9.17, 15) is 26.7 Å². The average molecular weight is 317 g/mol. The third-order valence-corrected chi connectivity index (χ3v) is 2.89. The first-order chi connectivity index (χ1) is 7.66. The fraction of sp³-hybridized carbons (Fsp3) is 0.300. The van der Waals surface area contributed by atoms with Crippen molar-refractivity contribution in [2.24, 2.45) is 0 Å². The third-order valence-electron chi connectivity index (χ3n) is 2.07. The van der Waals surface area contributed by atoms with Gasteiger partial charge in [0.15, 0.2) is 5.78 Å². The van der Waals surface area contributed by atoms with E-state index in [0.29, 0.717) is 12.1 Å². The summed E-state index contributed by atoms with van der Waals surface area (Å²) in [5.74, 6) is -0.849. The Bertz CT molecular complexity index is 453. The lowest BCUT2D eigenvalue weighted by atomic mass is 10.0. The van der Waals surface area contributed by atoms with E-state index < -0.39 is 39.5 Å². The van der Waals surface area contributed by atoms with Crippen molar-refractivity contribution in [3.05, 3.63) is 33.3 Å². The second-order valence-electron chi connectivity index (χ2n) is 3.25. The van der Waals surface area contributed by atoms with Crippen molar-refractivity contribution < 1.29 is 26.7 Å². The van der Waals surface area contributed by atoms with Crippen molar-refractivity contribution in [3.8, 4) is 0 Å². The summed E-state index contributed by atoms with van der Waals surface area (Å²) in [5.41, 5.74) is -2.49. The summed E-state index contributed by atoms with van der Waals surface area (Å²) in [6.45, 7) is 0.937. The number of rotatable bonds is 2. The van der Waals surface area contributed by atoms with E-state index in [1.54, 1.807) is 0 Å². The van der Waals surface area contributed by atoms with Gasteiger partial charge in [-0.2, -0.15) is 13.2 Å². The highest BCUT2D eigenvalue weighted by Gasteiger charge is 2.35. The average Bonchev–Trinajstić information content (AvgIpc) is 2.13. The number of hydrogen-bond acceptors (Lipinski definition) is 1. The summed E-state index contributed by atoms with van der Waals surface area (Å²) in [5, 5.41) is 0. The Balaban J connectivity index is 3.56. The lowest BCUT2D eigenvalue weighted by Crippen LogP contribution is -2.11. The molecule has 0 spiro atoms. The zero-order valence-corrected chi connectivity index (χ0v) is 9.99. The fourth-order valence-electron chi connectivity index (χ4n) is 1.35. The minimum Gasteiger partial charge on any atom is -0.294 e. The molecule has 1 aromatic rings. The van der Waals surface area contributed by atoms with Gasteiger partial charge in [-0.05, 0) is 28.9 Å². The number of benzene rings is 1. The van der Waals surface area contributed by atoms with Crippen molar-refractivity contribution in [1.29, 1.82) is 0 Å². The maximum Gasteiger partial charge on any atom is 0.417 e. The van der Waals surface area contributed by atoms with E-state index in [2.05, 4.69) is 15.9 Å². The molecule has 0 aliphatic carbocycles. The van der Waals surface area contributed by atoms with Gasteiger partial charge in [-0.25, -0.2) is 8.78 Å². The highest BCUT2D eigenvalue weighted by Crippen LogP contribution is 2.39. The number of carbonyl (C=O) groups excluding carboxylic acids is 1. The molecule has 0 aliphatic rings. The van der Waals surface area contributed by atoms with Crippen molar-refractivity contribution in [2.75, 3.05) is 0 Å². The summed E-state index contributed by atoms with van der Waals surface area (Å²) >= 11 is 2.56. The zero-order valence-electron chi connectivity index (χ0n) is 8.41. The highest BCUT2D eigenvalue weighted by molar-refractivity contribution is 9.10. The van der Waals surface area contributed by atoms with Gasteiger partial charge in [-0.3, -0.25) is 4.79 Å². The molecule has 0 radical (unpaired) electrons. The molecule has 0 saturated carbocycles. The Morgan fingerprint density at radius 2 is 1.82 bits per heavy atom. The van der Waals surface area contributed by atoms with Gasteiger partial charge in [0.1, 0.15) is 0 Å². The van der Waals surface area contributed by atoms with Gasteiger partial charge in [0, 0.05) is 15.6 Å². The van der Waals surface area contributed by atoms with Crippen LogP contribution in [0.25, 0.3) is 0 Å². The predicted molar refractivity (Wildman–Crippen MR) is 54.1 cm³/mol. The van der Waals surface area contributed by atoms with E-state index in [4.69, 9.17) is 0 Å². The van der Waals surface area contributed by atoms with Crippen LogP contribution in [0.15, 0.2) is 16.6 Å². The number of halogens is 6. The van der Waals surface area contributed by atoms with Crippen LogP contribution in [0.5, 0.6) is 0 Å². The number of Topliss-reactive ketones (excluding diaryl/α,β-unsaturated/α-hetero) is 1. The Hall–Kier alpha value is -0.980. The predicted octanol–water partition coefficient (Wildman–Crippen LogP) is 4.61. The Morgan fingerprint density at radius 3 is 2.18 bits per heavy atom. The molecule has 0 aromatic heterocycles. The van der Waals surface area contributed by atoms with Crippen molar-refractivity contribution in [3.63, 3.8) is 0 Å². The maximum absolute atomic E-state index is 12.5. The summed E-state index contributed by atoms with van der Waals surface area (Å²) in [7, 11) is 0. The van der Waals surface area contributed by atoms with E-state index in [1.165, 1.54) is 0 Å². The van der Waals surface area contributed by atoms with Gasteiger partial charge in [0.2, 0.25) is 0 Å². The maximum atomic E-state index is 12.5. The molecule has 1 rings (SSSR count). The molecule has 0 atom stereocenters. The van der Waals surface area contributed by atoms with E-state index in [0.717, 1.165) is 6.92 Å². The molecule has 0 fully saturated rings. The van der Waals surface area contributed by atoms with Crippen LogP contribution in [0.1, 0.15) is 34.8 Å². The SMILES string of the molecule is CC(=O)c1c(C(F)F)ccc(C(F)(F)F)c1Br. The molecule has 0 aliphatic heterocycles. The number of alkyl halides is 5. The molecular weight excluding hydrogens is 311 g/mol. The molecule has 0 heterocycles. The summed E-state index contributed by atoms with van der Waals surface area (Å²) in [4.78, 5) is 11.1. The van der Waals surface area contributed by atoms with Crippen LogP contribution in [0, 0.1) is 0 Å². The Labute approximate surface area is 102 Å². The van der Waals surface area contributed by atoms with Gasteiger partial charge >= 0.3 is 6.18 Å². The third kappa shape index (κ3) is 2.83. The second-order valence-corrected chi connectivity index (χ2v) is 4.04. The van der Waals surface area contributed by atoms with Crippen LogP contribution in [0.2, 0.25) is 0 Å². The van der Waals surface area contributed by atoms with Gasteiger partial charge in [-0.1, -0.05) is 6.07 Å². The smallest absolute Gasteiger partial charge is 0.294 e. The molecule has 17 heavy (non-hydrogen) atoms. The fourth-order valence-corrected chi connectivity index (χ4v) is 2.21. The van der Waals surface area contributed by atoms with Gasteiger partial charge < -0.3 is 0 Å². The second kappa shape index (κ2) is 4.72. The first-order valence-electron chi connectivity index (χ1n) is 4.35. The highest BCUT2D eigenvalue weighted by atomic mass is 79.9. The molecule has 7 heteroatoms. The Kier molecular flexibility index (Phi) is 3.91. The Morgan fingerprint density at radius 1 is 1.29 bits per heavy atom. The standard InChI is InChI=1S/C10H6BrF5O/c1-4(17)7-5(9(12)13)2-3-6(8(7)11)10(14,15)16/h2-3,9H,1H3. The molecule has 0 saturated heterocycles. The molecule has 0 amide bonds. The van der Waals surface area contributed by atoms with Gasteiger partial charge in [0.25, 0.3) is 6.43 Å². The quantitative estimate of drug-likeness (QED) is 0.575. The largest absolute Gasteiger partial charge is 0.417 e. The van der Waals surface area contributed by atoms with Crippen molar-refractivity contribution >= 4 is 21.7 Å². The van der Waals surface area contributed by atoms with Crippen LogP contribution in [-0.4, -0.2) is 5.78 Å². The molecule has 0 N–H and O–H groups in total. The van der Waals surface area contributed by atoms with Crippen LogP contribution < -0.4 is 0 Å². The summed E-state index contributed by atoms with van der Waals surface area (Å²) in [6, 6.07) is 1.15. The topological polar surface area (TPSA) is 17.1 Å². The van der Waals surface area contributed by atoms with E-state index >= 15 is 0 Å². The number of hydrogen-bond donors (Lipinski definition) is 0. The summed E-state index contributed by atoms with van der Waals surface area (Å²) in [6.07, 6.45) is -7.71. The summed E-state index contributed by atoms with van der Waals surface area (Å²) < 4.78 is 61.9. The zero-order chi connectivity index (χ0) is 13.4. The molecule has 94 valence electrons. The van der Waals surface area contributed by atoms with Crippen molar-refractivity contribution in [1.82, 2.24) is 0 Å². The van der Waals surface area contributed by atoms with Crippen molar-refractivity contribution in [2.45, 2.75) is 19.5 Å². The number of carbonyl (C=O) groups is 1. The van der Waals surface area contributed by atoms with Crippen LogP contribution >= 0.6 is 15.9 Å². The first-order valence-corrected chi connectivity index (χ1v) is 5.14. The monoisotopic (exact) mass is 316 g/mol. The molecular formula is C10H6BrF5O. The minimum atomic E-state index is -4.70. The van der Waals surface area contributed by atoms with E-state index in [1.807, 2.05) is 0 Å². The van der Waals surface area contributed by atoms with Crippen LogP contribution in [0.4, 0.5) is 22.0 Å². The molecule has 0 unspecified atom stereocenters. The van der Waals surface area contributed by atoms with Gasteiger partial charge in [-0.15, -0.1) is 0 Å². The van der Waals surface area contributed by atoms with Crippen LogP contribution in [0.3, 0.4) is 0 Å².